The Labute approximate surface area is 252 Å². The van der Waals surface area contributed by atoms with Crippen molar-refractivity contribution in [3.05, 3.63) is 41.9 Å². The molecule has 1 aromatic carbocycles. The van der Waals surface area contributed by atoms with E-state index >= 15 is 0 Å². The fourth-order valence-electron chi connectivity index (χ4n) is 8.50. The minimum absolute atomic E-state index is 0.00643. The highest BCUT2D eigenvalue weighted by Crippen LogP contribution is 2.71. The van der Waals surface area contributed by atoms with E-state index in [0.29, 0.717) is 49.8 Å². The number of amides is 1. The molecule has 7 aliphatic carbocycles. The van der Waals surface area contributed by atoms with Crippen molar-refractivity contribution in [2.24, 2.45) is 10.8 Å². The van der Waals surface area contributed by atoms with Crippen molar-refractivity contribution in [2.45, 2.75) is 127 Å². The molecule has 0 unspecified atom stereocenters. The van der Waals surface area contributed by atoms with Crippen LogP contribution in [0, 0.1) is 10.8 Å². The molecular weight excluding hydrogens is 545 g/mol. The average molecular weight is 588 g/mol. The number of halogens is 1. The molecule has 0 spiro atoms. The molecule has 0 atom stereocenters. The van der Waals surface area contributed by atoms with E-state index in [2.05, 4.69) is 38.0 Å². The summed E-state index contributed by atoms with van der Waals surface area (Å²) < 4.78 is 25.7. The highest BCUT2D eigenvalue weighted by molar-refractivity contribution is 5.94. The zero-order valence-corrected chi connectivity index (χ0v) is 25.8. The maximum Gasteiger partial charge on any atom is 0.232 e. The first kappa shape index (κ1) is 27.4. The number of hydrogen-bond acceptors (Lipinski definition) is 7. The summed E-state index contributed by atoms with van der Waals surface area (Å²) in [5.74, 6) is 2.90. The Hall–Kier alpha value is -3.10. The van der Waals surface area contributed by atoms with Gasteiger partial charge in [-0.3, -0.25) is 4.79 Å². The first-order chi connectivity index (χ1) is 20.3. The van der Waals surface area contributed by atoms with E-state index in [1.165, 1.54) is 0 Å². The van der Waals surface area contributed by atoms with Crippen molar-refractivity contribution in [2.75, 3.05) is 11.4 Å². The highest BCUT2D eigenvalue weighted by atomic mass is 19.1. The summed E-state index contributed by atoms with van der Waals surface area (Å²) in [4.78, 5) is 25.7. The van der Waals surface area contributed by atoms with Gasteiger partial charge in [0, 0.05) is 40.5 Å². The average Bonchev–Trinajstić information content (AvgIpc) is 3.35. The topological polar surface area (TPSA) is 98.2 Å². The number of hydrogen-bond donors (Lipinski definition) is 0. The molecular formula is C34H42FN5O3. The second-order valence-corrected chi connectivity index (χ2v) is 16.3. The van der Waals surface area contributed by atoms with Gasteiger partial charge in [-0.05, 0) is 93.6 Å². The number of nitrogens with zero attached hydrogens (tertiary/aromatic N) is 5. The molecule has 0 radical (unpaired) electrons. The Bertz CT molecular complexity index is 1550. The number of carbonyl (C=O) groups excluding carboxylic acids is 1. The third-order valence-corrected chi connectivity index (χ3v) is 11.7. The van der Waals surface area contributed by atoms with Gasteiger partial charge in [0.05, 0.1) is 0 Å². The number of alkyl halides is 1. The lowest BCUT2D eigenvalue weighted by Gasteiger charge is -2.66. The number of carbonyl (C=O) groups is 1. The van der Waals surface area contributed by atoms with Crippen LogP contribution in [-0.2, 0) is 21.0 Å². The van der Waals surface area contributed by atoms with Gasteiger partial charge in [0.25, 0.3) is 0 Å². The van der Waals surface area contributed by atoms with E-state index in [9.17, 15) is 9.18 Å². The van der Waals surface area contributed by atoms with Crippen LogP contribution in [0.15, 0.2) is 33.3 Å². The van der Waals surface area contributed by atoms with Gasteiger partial charge in [0.15, 0.2) is 5.82 Å². The molecule has 2 aromatic heterocycles. The number of benzene rings is 1. The molecule has 228 valence electrons. The first-order valence-corrected chi connectivity index (χ1v) is 16.1. The molecule has 7 aliphatic rings. The number of aromatic nitrogens is 4. The van der Waals surface area contributed by atoms with Crippen molar-refractivity contribution in [3.8, 4) is 11.4 Å². The Morgan fingerprint density at radius 3 is 2.23 bits per heavy atom. The third kappa shape index (κ3) is 4.47. The van der Waals surface area contributed by atoms with Crippen LogP contribution in [0.2, 0.25) is 0 Å². The molecule has 0 N–H and O–H groups in total. The van der Waals surface area contributed by atoms with E-state index in [-0.39, 0.29) is 33.0 Å². The number of fused-ring (bicyclic) bond motifs is 3. The van der Waals surface area contributed by atoms with Crippen molar-refractivity contribution < 1.29 is 18.2 Å². The molecule has 43 heavy (non-hydrogen) atoms. The van der Waals surface area contributed by atoms with Crippen LogP contribution in [0.1, 0.15) is 122 Å². The molecule has 2 heterocycles. The number of anilines is 1. The monoisotopic (exact) mass is 587 g/mol. The van der Waals surface area contributed by atoms with Crippen LogP contribution in [0.25, 0.3) is 11.4 Å². The van der Waals surface area contributed by atoms with Gasteiger partial charge in [-0.2, -0.15) is 9.97 Å². The minimum atomic E-state index is -1.02. The van der Waals surface area contributed by atoms with E-state index in [1.807, 2.05) is 29.2 Å². The first-order valence-electron chi connectivity index (χ1n) is 16.1. The Morgan fingerprint density at radius 2 is 1.63 bits per heavy atom. The molecule has 0 aliphatic heterocycles. The van der Waals surface area contributed by atoms with E-state index < -0.39 is 5.67 Å². The molecule has 0 saturated heterocycles. The normalized spacial score (nSPS) is 33.5. The maximum atomic E-state index is 14.4. The van der Waals surface area contributed by atoms with Crippen LogP contribution in [0.4, 0.5) is 10.1 Å². The summed E-state index contributed by atoms with van der Waals surface area (Å²) in [6.07, 6.45) is 10.1. The second-order valence-electron chi connectivity index (χ2n) is 16.3. The summed E-state index contributed by atoms with van der Waals surface area (Å²) in [6, 6.07) is 8.00. The summed E-state index contributed by atoms with van der Waals surface area (Å²) in [5, 5.41) is 8.75. The standard InChI is InChI=1S/C34H42FN5O3/c1-29(2,3)27-37-26(39-42-27)33-13-10-31(11-14-33,12-15-33)21-40(24(41)17-32-18-34(35,19-32)20-32)23-7-5-6-22(16-23)25-36-28(43-38-25)30(4)8-9-30/h5-7,16H,8-15,17-21H2,1-4H3. The van der Waals surface area contributed by atoms with Gasteiger partial charge >= 0.3 is 0 Å². The second kappa shape index (κ2) is 8.75. The molecule has 9 heteroatoms. The summed E-state index contributed by atoms with van der Waals surface area (Å²) >= 11 is 0. The van der Waals surface area contributed by atoms with Gasteiger partial charge in [-0.15, -0.1) is 0 Å². The Morgan fingerprint density at radius 1 is 0.930 bits per heavy atom. The van der Waals surface area contributed by atoms with Crippen LogP contribution in [-0.4, -0.2) is 38.4 Å². The van der Waals surface area contributed by atoms with Crippen molar-refractivity contribution in [3.63, 3.8) is 0 Å². The van der Waals surface area contributed by atoms with Crippen LogP contribution in [0.3, 0.4) is 0 Å². The lowest BCUT2D eigenvalue weighted by molar-refractivity contribution is -0.215. The van der Waals surface area contributed by atoms with Gasteiger partial charge in [-0.1, -0.05) is 50.1 Å². The predicted octanol–water partition coefficient (Wildman–Crippen LogP) is 7.38. The molecule has 7 saturated carbocycles. The summed E-state index contributed by atoms with van der Waals surface area (Å²) in [7, 11) is 0. The quantitative estimate of drug-likeness (QED) is 0.271. The lowest BCUT2D eigenvalue weighted by atomic mass is 9.41. The summed E-state index contributed by atoms with van der Waals surface area (Å²) in [6.45, 7) is 9.11. The highest BCUT2D eigenvalue weighted by Gasteiger charge is 2.69. The van der Waals surface area contributed by atoms with Gasteiger partial charge in [0.1, 0.15) is 5.67 Å². The fraction of sp³-hybridized carbons (Fsp3) is 0.676. The third-order valence-electron chi connectivity index (χ3n) is 11.7. The van der Waals surface area contributed by atoms with Gasteiger partial charge < -0.3 is 13.9 Å². The predicted molar refractivity (Wildman–Crippen MR) is 158 cm³/mol. The Kier molecular flexibility index (Phi) is 5.59. The maximum absolute atomic E-state index is 14.4. The van der Waals surface area contributed by atoms with Gasteiger partial charge in [0.2, 0.25) is 23.5 Å². The molecule has 4 bridgehead atoms. The van der Waals surface area contributed by atoms with Gasteiger partial charge in [-0.25, -0.2) is 4.39 Å². The number of rotatable bonds is 8. The Balaban J connectivity index is 1.05. The molecule has 1 amide bonds. The largest absolute Gasteiger partial charge is 0.339 e. The lowest BCUT2D eigenvalue weighted by Crippen LogP contribution is -2.65. The van der Waals surface area contributed by atoms with Crippen LogP contribution >= 0.6 is 0 Å². The molecule has 10 rings (SSSR count). The van der Waals surface area contributed by atoms with Crippen LogP contribution in [0.5, 0.6) is 0 Å². The smallest absolute Gasteiger partial charge is 0.232 e. The van der Waals surface area contributed by atoms with Crippen LogP contribution < -0.4 is 4.90 Å². The van der Waals surface area contributed by atoms with Crippen molar-refractivity contribution in [1.29, 1.82) is 0 Å². The zero-order chi connectivity index (χ0) is 29.9. The fourth-order valence-corrected chi connectivity index (χ4v) is 8.50. The van der Waals surface area contributed by atoms with E-state index in [1.54, 1.807) is 0 Å². The SMILES string of the molecule is CC(C)(C)c1nc(C23CCC(CN(C(=O)CC45CC(F)(C4)C5)c4cccc(-c5noc(C6(C)CC6)n5)c4)(CC2)CC3)no1. The van der Waals surface area contributed by atoms with E-state index in [0.717, 1.165) is 68.4 Å². The zero-order valence-electron chi connectivity index (χ0n) is 25.8. The summed E-state index contributed by atoms with van der Waals surface area (Å²) in [5.41, 5.74) is 0.342. The minimum Gasteiger partial charge on any atom is -0.339 e. The molecule has 8 nitrogen and oxygen atoms in total. The molecule has 7 fully saturated rings. The van der Waals surface area contributed by atoms with E-state index in [4.69, 9.17) is 19.0 Å². The molecule has 3 aromatic rings. The van der Waals surface area contributed by atoms with Crippen molar-refractivity contribution >= 4 is 11.6 Å². The van der Waals surface area contributed by atoms with Crippen molar-refractivity contribution in [1.82, 2.24) is 20.3 Å².